The molecule has 1 aromatic carbocycles. The van der Waals surface area contributed by atoms with E-state index in [1.165, 1.54) is 6.92 Å². The van der Waals surface area contributed by atoms with Gasteiger partial charge in [0.2, 0.25) is 0 Å². The van der Waals surface area contributed by atoms with Crippen molar-refractivity contribution in [2.45, 2.75) is 19.3 Å². The Kier molecular flexibility index (Phi) is 2.46. The van der Waals surface area contributed by atoms with Crippen LogP contribution in [-0.2, 0) is 14.3 Å². The van der Waals surface area contributed by atoms with Gasteiger partial charge < -0.3 is 4.74 Å². The number of rotatable bonds is 1. The van der Waals surface area contributed by atoms with E-state index in [0.717, 1.165) is 12.1 Å². The van der Waals surface area contributed by atoms with Crippen molar-refractivity contribution in [3.8, 4) is 0 Å². The zero-order chi connectivity index (χ0) is 11.9. The highest BCUT2D eigenvalue weighted by molar-refractivity contribution is 5.97. The topological polar surface area (TPSA) is 43.4 Å². The minimum absolute atomic E-state index is 0.126. The Hall–Kier alpha value is -1.78. The van der Waals surface area contributed by atoms with Gasteiger partial charge in [-0.15, -0.1) is 0 Å². The van der Waals surface area contributed by atoms with Gasteiger partial charge in [-0.3, -0.25) is 9.59 Å². The van der Waals surface area contributed by atoms with Crippen molar-refractivity contribution in [1.82, 2.24) is 0 Å². The Balaban J connectivity index is 2.45. The standard InChI is InChI=1S/C11H8F2O3/c1-5-2-9(13)6(3-8(5)12)7-4-10(14)16-11(7)15/h2-3,7H,4H2,1H3. The first kappa shape index (κ1) is 10.7. The predicted molar refractivity (Wildman–Crippen MR) is 49.6 cm³/mol. The number of benzene rings is 1. The van der Waals surface area contributed by atoms with Gasteiger partial charge in [-0.2, -0.15) is 0 Å². The van der Waals surface area contributed by atoms with E-state index in [2.05, 4.69) is 4.74 Å². The van der Waals surface area contributed by atoms with Crippen LogP contribution in [-0.4, -0.2) is 11.9 Å². The molecule has 1 aliphatic rings. The summed E-state index contributed by atoms with van der Waals surface area (Å²) < 4.78 is 31.0. The molecule has 1 saturated heterocycles. The third-order valence-electron chi connectivity index (χ3n) is 2.52. The van der Waals surface area contributed by atoms with Crippen molar-refractivity contribution in [3.05, 3.63) is 34.9 Å². The fourth-order valence-electron chi connectivity index (χ4n) is 1.64. The summed E-state index contributed by atoms with van der Waals surface area (Å²) >= 11 is 0. The smallest absolute Gasteiger partial charge is 0.321 e. The molecule has 0 aromatic heterocycles. The van der Waals surface area contributed by atoms with Gasteiger partial charge in [0.1, 0.15) is 11.6 Å². The Bertz CT molecular complexity index is 482. The van der Waals surface area contributed by atoms with Crippen LogP contribution < -0.4 is 0 Å². The van der Waals surface area contributed by atoms with Gasteiger partial charge in [-0.1, -0.05) is 0 Å². The Morgan fingerprint density at radius 2 is 1.94 bits per heavy atom. The van der Waals surface area contributed by atoms with Gasteiger partial charge in [-0.25, -0.2) is 8.78 Å². The third-order valence-corrected chi connectivity index (χ3v) is 2.52. The quantitative estimate of drug-likeness (QED) is 0.542. The number of cyclic esters (lactones) is 2. The molecule has 1 aromatic rings. The fraction of sp³-hybridized carbons (Fsp3) is 0.273. The van der Waals surface area contributed by atoms with Crippen LogP contribution in [0.1, 0.15) is 23.5 Å². The second kappa shape index (κ2) is 3.66. The molecular formula is C11H8F2O3. The van der Waals surface area contributed by atoms with Crippen LogP contribution in [0.25, 0.3) is 0 Å². The highest BCUT2D eigenvalue weighted by atomic mass is 19.1. The van der Waals surface area contributed by atoms with E-state index in [1.54, 1.807) is 0 Å². The van der Waals surface area contributed by atoms with Gasteiger partial charge in [0.15, 0.2) is 0 Å². The first-order valence-electron chi connectivity index (χ1n) is 4.69. The zero-order valence-corrected chi connectivity index (χ0v) is 8.42. The summed E-state index contributed by atoms with van der Waals surface area (Å²) in [6, 6.07) is 1.94. The van der Waals surface area contributed by atoms with Crippen molar-refractivity contribution in [2.24, 2.45) is 0 Å². The summed E-state index contributed by atoms with van der Waals surface area (Å²) in [6.45, 7) is 1.42. The minimum atomic E-state index is -1.03. The largest absolute Gasteiger partial charge is 0.393 e. The lowest BCUT2D eigenvalue weighted by molar-refractivity contribution is -0.152. The Morgan fingerprint density at radius 1 is 1.25 bits per heavy atom. The molecule has 0 N–H and O–H groups in total. The van der Waals surface area contributed by atoms with Crippen LogP contribution >= 0.6 is 0 Å². The van der Waals surface area contributed by atoms with Gasteiger partial charge in [-0.05, 0) is 24.6 Å². The van der Waals surface area contributed by atoms with Crippen molar-refractivity contribution in [1.29, 1.82) is 0 Å². The van der Waals surface area contributed by atoms with E-state index in [9.17, 15) is 18.4 Å². The second-order valence-corrected chi connectivity index (χ2v) is 3.67. The molecule has 0 aliphatic carbocycles. The number of hydrogen-bond acceptors (Lipinski definition) is 3. The number of aryl methyl sites for hydroxylation is 1. The summed E-state index contributed by atoms with van der Waals surface area (Å²) in [5.74, 6) is -3.87. The van der Waals surface area contributed by atoms with Gasteiger partial charge >= 0.3 is 11.9 Å². The number of halogens is 2. The van der Waals surface area contributed by atoms with Gasteiger partial charge in [0.05, 0.1) is 12.3 Å². The fourth-order valence-corrected chi connectivity index (χ4v) is 1.64. The van der Waals surface area contributed by atoms with E-state index in [1.807, 2.05) is 0 Å². The summed E-state index contributed by atoms with van der Waals surface area (Å²) in [5, 5.41) is 0. The number of carbonyl (C=O) groups excluding carboxylic acids is 2. The molecule has 2 rings (SSSR count). The SMILES string of the molecule is Cc1cc(F)c(C2CC(=O)OC2=O)cc1F. The molecule has 1 fully saturated rings. The first-order chi connectivity index (χ1) is 7.49. The van der Waals surface area contributed by atoms with E-state index < -0.39 is 29.5 Å². The summed E-state index contributed by atoms with van der Waals surface area (Å²) in [7, 11) is 0. The third kappa shape index (κ3) is 1.68. The first-order valence-corrected chi connectivity index (χ1v) is 4.69. The Labute approximate surface area is 90.0 Å². The average molecular weight is 226 g/mol. The molecule has 0 saturated carbocycles. The van der Waals surface area contributed by atoms with Crippen LogP contribution in [0.15, 0.2) is 12.1 Å². The molecule has 84 valence electrons. The maximum absolute atomic E-state index is 13.5. The maximum atomic E-state index is 13.5. The highest BCUT2D eigenvalue weighted by Gasteiger charge is 2.36. The van der Waals surface area contributed by atoms with Crippen LogP contribution in [0.2, 0.25) is 0 Å². The molecule has 5 heteroatoms. The van der Waals surface area contributed by atoms with Gasteiger partial charge in [0, 0.05) is 5.56 Å². The van der Waals surface area contributed by atoms with Gasteiger partial charge in [0.25, 0.3) is 0 Å². The molecule has 1 heterocycles. The van der Waals surface area contributed by atoms with Crippen LogP contribution in [0.5, 0.6) is 0 Å². The lowest BCUT2D eigenvalue weighted by atomic mass is 9.96. The Morgan fingerprint density at radius 3 is 2.50 bits per heavy atom. The number of ether oxygens (including phenoxy) is 1. The summed E-state index contributed by atoms with van der Waals surface area (Å²) in [4.78, 5) is 22.0. The van der Waals surface area contributed by atoms with Crippen molar-refractivity contribution in [3.63, 3.8) is 0 Å². The molecule has 0 radical (unpaired) electrons. The molecule has 1 atom stereocenters. The molecule has 1 aliphatic heterocycles. The number of esters is 2. The molecule has 0 spiro atoms. The lowest BCUT2D eigenvalue weighted by Crippen LogP contribution is -2.08. The number of carbonyl (C=O) groups is 2. The molecular weight excluding hydrogens is 218 g/mol. The summed E-state index contributed by atoms with van der Waals surface area (Å²) in [5.41, 5.74) is 0.0258. The zero-order valence-electron chi connectivity index (χ0n) is 8.42. The second-order valence-electron chi connectivity index (χ2n) is 3.67. The molecule has 16 heavy (non-hydrogen) atoms. The molecule has 1 unspecified atom stereocenters. The van der Waals surface area contributed by atoms with Crippen LogP contribution in [0.3, 0.4) is 0 Å². The van der Waals surface area contributed by atoms with E-state index >= 15 is 0 Å². The monoisotopic (exact) mass is 226 g/mol. The van der Waals surface area contributed by atoms with E-state index in [-0.39, 0.29) is 17.5 Å². The van der Waals surface area contributed by atoms with E-state index in [0.29, 0.717) is 0 Å². The normalized spacial score (nSPS) is 20.1. The number of hydrogen-bond donors (Lipinski definition) is 0. The average Bonchev–Trinajstić information content (AvgIpc) is 2.51. The molecule has 0 amide bonds. The minimum Gasteiger partial charge on any atom is -0.393 e. The van der Waals surface area contributed by atoms with E-state index in [4.69, 9.17) is 0 Å². The van der Waals surface area contributed by atoms with Crippen molar-refractivity contribution < 1.29 is 23.1 Å². The molecule has 3 nitrogen and oxygen atoms in total. The highest BCUT2D eigenvalue weighted by Crippen LogP contribution is 2.30. The van der Waals surface area contributed by atoms with Crippen molar-refractivity contribution >= 4 is 11.9 Å². The lowest BCUT2D eigenvalue weighted by Gasteiger charge is -2.08. The van der Waals surface area contributed by atoms with Crippen molar-refractivity contribution in [2.75, 3.05) is 0 Å². The maximum Gasteiger partial charge on any atom is 0.321 e. The van der Waals surface area contributed by atoms with Crippen LogP contribution in [0, 0.1) is 18.6 Å². The molecule has 0 bridgehead atoms. The predicted octanol–water partition coefficient (Wildman–Crippen LogP) is 1.83. The summed E-state index contributed by atoms with van der Waals surface area (Å²) in [6.07, 6.45) is -0.238. The van der Waals surface area contributed by atoms with Crippen LogP contribution in [0.4, 0.5) is 8.78 Å².